The van der Waals surface area contributed by atoms with Gasteiger partial charge in [-0.2, -0.15) is 0 Å². The molecule has 1 atom stereocenters. The third-order valence-corrected chi connectivity index (χ3v) is 5.47. The van der Waals surface area contributed by atoms with E-state index in [9.17, 15) is 19.2 Å². The number of nitrogens with one attached hydrogen (secondary N) is 1. The fraction of sp³-hybridized carbons (Fsp3) is 0.385. The van der Waals surface area contributed by atoms with Crippen LogP contribution in [0.3, 0.4) is 0 Å². The average molecular weight is 570 g/mol. The number of nitrogens with zero attached hydrogens (tertiary/aromatic N) is 1. The maximum Gasteiger partial charge on any atom is 0.303 e. The largest absolute Gasteiger partial charge is 0.481 e. The maximum atomic E-state index is 12.1. The van der Waals surface area contributed by atoms with Gasteiger partial charge in [0.05, 0.1) is 0 Å². The molecule has 0 heterocycles. The van der Waals surface area contributed by atoms with E-state index in [1.165, 1.54) is 6.92 Å². The molecule has 0 fully saturated rings. The Morgan fingerprint density at radius 3 is 1.97 bits per heavy atom. The van der Waals surface area contributed by atoms with Gasteiger partial charge in [-0.15, -0.1) is 23.2 Å². The molecule has 5 N–H and O–H groups in total. The van der Waals surface area contributed by atoms with Crippen LogP contribution in [-0.2, 0) is 14.4 Å². The molecular weight excluding hydrogens is 537 g/mol. The number of alkyl halides is 2. The van der Waals surface area contributed by atoms with Crippen LogP contribution in [0.25, 0.3) is 0 Å². The molecule has 0 saturated carbocycles. The van der Waals surface area contributed by atoms with Crippen molar-refractivity contribution in [2.24, 2.45) is 5.73 Å². The number of ether oxygens (including phenoxy) is 1. The number of hydrogen-bond donors (Lipinski definition) is 4. The first-order valence-electron chi connectivity index (χ1n) is 11.8. The first kappa shape index (κ1) is 32.5. The van der Waals surface area contributed by atoms with E-state index in [2.05, 4.69) is 10.2 Å². The van der Waals surface area contributed by atoms with Crippen molar-refractivity contribution in [1.29, 1.82) is 0 Å². The van der Waals surface area contributed by atoms with Gasteiger partial charge in [0.15, 0.2) is 0 Å². The number of hydrogen-bond acceptors (Lipinski definition) is 6. The zero-order valence-electron chi connectivity index (χ0n) is 21.3. The van der Waals surface area contributed by atoms with Crippen molar-refractivity contribution in [3.63, 3.8) is 0 Å². The van der Waals surface area contributed by atoms with Gasteiger partial charge in [-0.3, -0.25) is 19.2 Å². The lowest BCUT2D eigenvalue weighted by Gasteiger charge is -2.23. The number of carboxylic acid groups (broad SMARTS) is 2. The van der Waals surface area contributed by atoms with Crippen LogP contribution in [0.5, 0.6) is 11.5 Å². The second kappa shape index (κ2) is 17.1. The summed E-state index contributed by atoms with van der Waals surface area (Å²) in [6.07, 6.45) is 0.0866. The van der Waals surface area contributed by atoms with E-state index in [4.69, 9.17) is 43.9 Å². The third-order valence-electron chi connectivity index (χ3n) is 5.13. The minimum absolute atomic E-state index is 0.0632. The Balaban J connectivity index is 0.000000686. The number of carbonyl (C=O) groups excluding carboxylic acids is 2. The smallest absolute Gasteiger partial charge is 0.303 e. The summed E-state index contributed by atoms with van der Waals surface area (Å²) in [7, 11) is 0. The van der Waals surface area contributed by atoms with Crippen molar-refractivity contribution < 1.29 is 34.1 Å². The summed E-state index contributed by atoms with van der Waals surface area (Å²) in [6, 6.07) is 11.8. The zero-order valence-corrected chi connectivity index (χ0v) is 22.8. The van der Waals surface area contributed by atoms with Crippen molar-refractivity contribution >= 4 is 52.6 Å². The van der Waals surface area contributed by atoms with Crippen molar-refractivity contribution in [3.8, 4) is 11.5 Å². The fourth-order valence-corrected chi connectivity index (χ4v) is 3.47. The van der Waals surface area contributed by atoms with Crippen molar-refractivity contribution in [2.45, 2.75) is 39.2 Å². The van der Waals surface area contributed by atoms with Gasteiger partial charge >= 0.3 is 11.9 Å². The van der Waals surface area contributed by atoms with Crippen molar-refractivity contribution in [2.75, 3.05) is 29.7 Å². The molecule has 2 aromatic carbocycles. The molecule has 0 aliphatic rings. The predicted molar refractivity (Wildman–Crippen MR) is 147 cm³/mol. The van der Waals surface area contributed by atoms with E-state index in [0.29, 0.717) is 41.9 Å². The van der Waals surface area contributed by atoms with Gasteiger partial charge in [0.1, 0.15) is 17.5 Å². The average Bonchev–Trinajstić information content (AvgIpc) is 2.85. The first-order chi connectivity index (χ1) is 18.0. The molecule has 1 unspecified atom stereocenters. The highest BCUT2D eigenvalue weighted by Crippen LogP contribution is 2.29. The van der Waals surface area contributed by atoms with E-state index >= 15 is 0 Å². The Morgan fingerprint density at radius 1 is 0.974 bits per heavy atom. The summed E-state index contributed by atoms with van der Waals surface area (Å²) in [5, 5.41) is 18.6. The number of carbonyl (C=O) groups is 4. The van der Waals surface area contributed by atoms with Crippen LogP contribution in [0.1, 0.15) is 42.1 Å². The topological polar surface area (TPSA) is 159 Å². The molecule has 0 aliphatic heterocycles. The predicted octanol–water partition coefficient (Wildman–Crippen LogP) is 4.00. The van der Waals surface area contributed by atoms with E-state index in [-0.39, 0.29) is 25.2 Å². The normalized spacial score (nSPS) is 10.9. The molecule has 0 aliphatic carbocycles. The minimum Gasteiger partial charge on any atom is -0.481 e. The molecule has 2 aromatic rings. The van der Waals surface area contributed by atoms with E-state index < -0.39 is 23.9 Å². The molecule has 2 amide bonds. The molecule has 10 nitrogen and oxygen atoms in total. The molecule has 38 heavy (non-hydrogen) atoms. The number of aliphatic carboxylic acids is 2. The fourth-order valence-electron chi connectivity index (χ4n) is 3.06. The maximum absolute atomic E-state index is 12.1. The summed E-state index contributed by atoms with van der Waals surface area (Å²) in [5.74, 6) is -0.510. The number of anilines is 1. The summed E-state index contributed by atoms with van der Waals surface area (Å²) >= 11 is 11.8. The number of rotatable bonds is 14. The van der Waals surface area contributed by atoms with Crippen molar-refractivity contribution in [3.05, 3.63) is 53.6 Å². The lowest BCUT2D eigenvalue weighted by Crippen LogP contribution is -2.42. The van der Waals surface area contributed by atoms with Crippen LogP contribution in [0.2, 0.25) is 0 Å². The number of benzene rings is 2. The number of aryl methyl sites for hydroxylation is 1. The van der Waals surface area contributed by atoms with Crippen LogP contribution >= 0.6 is 23.2 Å². The molecule has 208 valence electrons. The van der Waals surface area contributed by atoms with Gasteiger partial charge in [0.25, 0.3) is 5.91 Å². The van der Waals surface area contributed by atoms with Gasteiger partial charge in [-0.25, -0.2) is 0 Å². The molecule has 0 bridgehead atoms. The van der Waals surface area contributed by atoms with Gasteiger partial charge in [0, 0.05) is 48.9 Å². The van der Waals surface area contributed by atoms with Gasteiger partial charge in [-0.05, 0) is 68.3 Å². The SMILES string of the molecule is Cc1cc(N(CCCl)CCCl)ccc1Oc1ccc(C(=O)NC(C)C(N)=O)cc1.O=C(O)CCCC(=O)O. The Bertz CT molecular complexity index is 1060. The number of carboxylic acids is 2. The van der Waals surface area contributed by atoms with Gasteiger partial charge < -0.3 is 30.9 Å². The van der Waals surface area contributed by atoms with Crippen molar-refractivity contribution in [1.82, 2.24) is 5.32 Å². The molecule has 12 heteroatoms. The van der Waals surface area contributed by atoms with Crippen LogP contribution in [0, 0.1) is 6.92 Å². The van der Waals surface area contributed by atoms with E-state index in [1.54, 1.807) is 24.3 Å². The van der Waals surface area contributed by atoms with E-state index in [0.717, 1.165) is 11.3 Å². The first-order valence-corrected chi connectivity index (χ1v) is 12.8. The van der Waals surface area contributed by atoms with Gasteiger partial charge in [-0.1, -0.05) is 0 Å². The number of primary amides is 1. The minimum atomic E-state index is -0.948. The number of amides is 2. The highest BCUT2D eigenvalue weighted by atomic mass is 35.5. The molecule has 0 aromatic heterocycles. The molecular formula is C26H33Cl2N3O7. The summed E-state index contributed by atoms with van der Waals surface area (Å²) in [4.78, 5) is 44.9. The molecule has 0 spiro atoms. The summed E-state index contributed by atoms with van der Waals surface area (Å²) in [5.41, 5.74) is 7.57. The highest BCUT2D eigenvalue weighted by molar-refractivity contribution is 6.18. The monoisotopic (exact) mass is 569 g/mol. The summed E-state index contributed by atoms with van der Waals surface area (Å²) in [6.45, 7) is 4.93. The Hall–Kier alpha value is -3.50. The molecule has 0 radical (unpaired) electrons. The second-order valence-electron chi connectivity index (χ2n) is 8.18. The van der Waals surface area contributed by atoms with Crippen LogP contribution in [0.4, 0.5) is 5.69 Å². The Morgan fingerprint density at radius 2 is 1.53 bits per heavy atom. The lowest BCUT2D eigenvalue weighted by atomic mass is 10.1. The highest BCUT2D eigenvalue weighted by Gasteiger charge is 2.14. The Kier molecular flexibility index (Phi) is 14.6. The van der Waals surface area contributed by atoms with Crippen LogP contribution < -0.4 is 20.7 Å². The van der Waals surface area contributed by atoms with Crippen LogP contribution in [0.15, 0.2) is 42.5 Å². The third kappa shape index (κ3) is 12.2. The quantitative estimate of drug-likeness (QED) is 0.248. The standard InChI is InChI=1S/C21H25Cl2N3O3.C5H8O4/c1-14-13-17(26(11-9-22)12-10-23)5-8-19(14)29-18-6-3-16(4-7-18)21(28)25-15(2)20(24)27;6-4(7)2-1-3-5(8)9/h3-8,13,15H,9-12H2,1-2H3,(H2,24,27)(H,25,28);1-3H2,(H,6,7)(H,8,9). The number of halogens is 2. The lowest BCUT2D eigenvalue weighted by molar-refractivity contribution is -0.138. The van der Waals surface area contributed by atoms with Crippen LogP contribution in [-0.4, -0.2) is 64.9 Å². The van der Waals surface area contributed by atoms with E-state index in [1.807, 2.05) is 25.1 Å². The Labute approximate surface area is 231 Å². The zero-order chi connectivity index (χ0) is 28.7. The molecule has 0 saturated heterocycles. The van der Waals surface area contributed by atoms with Gasteiger partial charge in [0.2, 0.25) is 5.91 Å². The number of nitrogens with two attached hydrogens (primary N) is 1. The second-order valence-corrected chi connectivity index (χ2v) is 8.94. The summed E-state index contributed by atoms with van der Waals surface area (Å²) < 4.78 is 5.94. The molecule has 2 rings (SSSR count).